The Kier molecular flexibility index (Phi) is 2.38. The van der Waals surface area contributed by atoms with Crippen molar-refractivity contribution >= 4 is 22.6 Å². The molecule has 1 atom stereocenters. The van der Waals surface area contributed by atoms with Crippen molar-refractivity contribution in [3.8, 4) is 0 Å². The molecule has 0 amide bonds. The monoisotopic (exact) mass is 212 g/mol. The van der Waals surface area contributed by atoms with Crippen LogP contribution in [-0.2, 0) is 4.74 Å². The number of ether oxygens (including phenoxy) is 1. The molecule has 1 fully saturated rings. The van der Waals surface area contributed by atoms with Crippen LogP contribution in [0.15, 0.2) is 0 Å². The van der Waals surface area contributed by atoms with Gasteiger partial charge in [-0.2, -0.15) is 0 Å². The zero-order chi connectivity index (χ0) is 5.11. The van der Waals surface area contributed by atoms with Gasteiger partial charge in [0, 0.05) is 11.0 Å². The predicted molar refractivity (Wildman–Crippen MR) is 37.9 cm³/mol. The van der Waals surface area contributed by atoms with E-state index in [9.17, 15) is 0 Å². The maximum atomic E-state index is 5.29. The fourth-order valence-corrected chi connectivity index (χ4v) is 1.46. The molecule has 7 heavy (non-hydrogen) atoms. The van der Waals surface area contributed by atoms with Gasteiger partial charge in [-0.25, -0.2) is 0 Å². The van der Waals surface area contributed by atoms with Crippen molar-refractivity contribution in [1.82, 2.24) is 0 Å². The van der Waals surface area contributed by atoms with Crippen LogP contribution in [0.2, 0.25) is 0 Å². The van der Waals surface area contributed by atoms with Gasteiger partial charge in [-0.1, -0.05) is 22.6 Å². The highest BCUT2D eigenvalue weighted by Gasteiger charge is 2.12. The van der Waals surface area contributed by atoms with Gasteiger partial charge in [0.1, 0.15) is 0 Å². The molecule has 1 heterocycles. The van der Waals surface area contributed by atoms with E-state index in [1.807, 2.05) is 0 Å². The molecule has 42 valence electrons. The van der Waals surface area contributed by atoms with E-state index in [0.29, 0.717) is 6.10 Å². The quantitative estimate of drug-likeness (QED) is 0.473. The summed E-state index contributed by atoms with van der Waals surface area (Å²) >= 11 is 2.36. The van der Waals surface area contributed by atoms with Crippen molar-refractivity contribution in [2.45, 2.75) is 18.9 Å². The molecule has 1 aliphatic heterocycles. The summed E-state index contributed by atoms with van der Waals surface area (Å²) in [6.45, 7) is 0.994. The van der Waals surface area contributed by atoms with Gasteiger partial charge in [0.05, 0.1) is 6.10 Å². The first-order chi connectivity index (χ1) is 3.43. The van der Waals surface area contributed by atoms with Crippen molar-refractivity contribution in [2.24, 2.45) is 0 Å². The molecule has 2 heteroatoms. The maximum Gasteiger partial charge on any atom is 0.0665 e. The van der Waals surface area contributed by atoms with Gasteiger partial charge in [-0.05, 0) is 12.8 Å². The van der Waals surface area contributed by atoms with Gasteiger partial charge in [-0.3, -0.25) is 0 Å². The summed E-state index contributed by atoms with van der Waals surface area (Å²) in [6, 6.07) is 0. The highest BCUT2D eigenvalue weighted by atomic mass is 127. The van der Waals surface area contributed by atoms with Gasteiger partial charge in [0.25, 0.3) is 0 Å². The van der Waals surface area contributed by atoms with Crippen LogP contribution in [0.5, 0.6) is 0 Å². The zero-order valence-corrected chi connectivity index (χ0v) is 6.35. The average molecular weight is 212 g/mol. The minimum atomic E-state index is 0.584. The first-order valence-electron chi connectivity index (χ1n) is 2.61. The van der Waals surface area contributed by atoms with Crippen molar-refractivity contribution in [1.29, 1.82) is 0 Å². The van der Waals surface area contributed by atoms with Crippen molar-refractivity contribution in [3.63, 3.8) is 0 Å². The highest BCUT2D eigenvalue weighted by molar-refractivity contribution is 14.1. The van der Waals surface area contributed by atoms with E-state index < -0.39 is 0 Å². The maximum absolute atomic E-state index is 5.29. The van der Waals surface area contributed by atoms with E-state index in [1.54, 1.807) is 0 Å². The Bertz CT molecular complexity index is 50.0. The number of hydrogen-bond donors (Lipinski definition) is 0. The van der Waals surface area contributed by atoms with Crippen molar-refractivity contribution in [2.75, 3.05) is 11.0 Å². The van der Waals surface area contributed by atoms with E-state index in [2.05, 4.69) is 22.6 Å². The second-order valence-electron chi connectivity index (χ2n) is 1.79. The lowest BCUT2D eigenvalue weighted by Gasteiger charge is -2.00. The Labute approximate surface area is 57.6 Å². The molecule has 1 saturated heterocycles. The molecular formula is C5H9IO. The van der Waals surface area contributed by atoms with Crippen LogP contribution in [0.3, 0.4) is 0 Å². The summed E-state index contributed by atoms with van der Waals surface area (Å²) in [5, 5.41) is 0. The summed E-state index contributed by atoms with van der Waals surface area (Å²) in [6.07, 6.45) is 3.14. The van der Waals surface area contributed by atoms with Crippen LogP contribution < -0.4 is 0 Å². The van der Waals surface area contributed by atoms with Crippen molar-refractivity contribution in [3.05, 3.63) is 0 Å². The van der Waals surface area contributed by atoms with Crippen LogP contribution in [0.25, 0.3) is 0 Å². The third kappa shape index (κ3) is 1.57. The smallest absolute Gasteiger partial charge is 0.0665 e. The summed E-state index contributed by atoms with van der Waals surface area (Å²) < 4.78 is 6.46. The molecule has 0 radical (unpaired) electrons. The fraction of sp³-hybridized carbons (Fsp3) is 1.00. The first kappa shape index (κ1) is 5.82. The summed E-state index contributed by atoms with van der Waals surface area (Å²) in [7, 11) is 0. The zero-order valence-electron chi connectivity index (χ0n) is 4.19. The molecule has 0 bridgehead atoms. The number of alkyl halides is 1. The number of hydrogen-bond acceptors (Lipinski definition) is 1. The molecule has 1 nitrogen and oxygen atoms in total. The second kappa shape index (κ2) is 2.87. The van der Waals surface area contributed by atoms with Gasteiger partial charge >= 0.3 is 0 Å². The Morgan fingerprint density at radius 1 is 1.71 bits per heavy atom. The van der Waals surface area contributed by atoms with Gasteiger partial charge < -0.3 is 4.74 Å². The molecule has 1 aliphatic rings. The van der Waals surface area contributed by atoms with Crippen LogP contribution in [-0.4, -0.2) is 17.1 Å². The van der Waals surface area contributed by atoms with Crippen LogP contribution in [0, 0.1) is 0 Å². The van der Waals surface area contributed by atoms with Gasteiger partial charge in [0.15, 0.2) is 0 Å². The summed E-state index contributed by atoms with van der Waals surface area (Å²) in [5.74, 6) is 0. The highest BCUT2D eigenvalue weighted by Crippen LogP contribution is 2.13. The summed E-state index contributed by atoms with van der Waals surface area (Å²) in [5.41, 5.74) is 0. The molecule has 0 aromatic heterocycles. The van der Waals surface area contributed by atoms with E-state index in [-0.39, 0.29) is 0 Å². The van der Waals surface area contributed by atoms with E-state index >= 15 is 0 Å². The molecule has 0 spiro atoms. The Balaban J connectivity index is 2.14. The summed E-state index contributed by atoms with van der Waals surface area (Å²) in [4.78, 5) is 0. The third-order valence-electron chi connectivity index (χ3n) is 1.20. The minimum Gasteiger partial charge on any atom is -0.377 e. The van der Waals surface area contributed by atoms with Crippen molar-refractivity contribution < 1.29 is 4.74 Å². The van der Waals surface area contributed by atoms with Gasteiger partial charge in [-0.15, -0.1) is 0 Å². The molecule has 0 aromatic carbocycles. The fourth-order valence-electron chi connectivity index (χ4n) is 0.766. The molecule has 1 rings (SSSR count). The third-order valence-corrected chi connectivity index (χ3v) is 2.18. The average Bonchev–Trinajstić information content (AvgIpc) is 2.14. The lowest BCUT2D eigenvalue weighted by molar-refractivity contribution is 0.131. The van der Waals surface area contributed by atoms with Crippen LogP contribution >= 0.6 is 22.6 Å². The molecule has 0 unspecified atom stereocenters. The lowest BCUT2D eigenvalue weighted by atomic mass is 10.3. The van der Waals surface area contributed by atoms with Crippen LogP contribution in [0.4, 0.5) is 0 Å². The van der Waals surface area contributed by atoms with E-state index in [4.69, 9.17) is 4.74 Å². The SMILES string of the molecule is IC[C@H]1CCCO1. The molecule has 0 saturated carbocycles. The predicted octanol–water partition coefficient (Wildman–Crippen LogP) is 1.60. The normalized spacial score (nSPS) is 31.3. The Morgan fingerprint density at radius 2 is 2.57 bits per heavy atom. The Morgan fingerprint density at radius 3 is 2.86 bits per heavy atom. The minimum absolute atomic E-state index is 0.584. The standard InChI is InChI=1S/C5H9IO/c6-4-5-2-1-3-7-5/h5H,1-4H2/t5-/m1/s1. The molecule has 0 aromatic rings. The molecule has 0 N–H and O–H groups in total. The van der Waals surface area contributed by atoms with E-state index in [0.717, 1.165) is 11.0 Å². The Hall–Kier alpha value is 0.690. The lowest BCUT2D eigenvalue weighted by Crippen LogP contribution is -2.04. The van der Waals surface area contributed by atoms with Crippen LogP contribution in [0.1, 0.15) is 12.8 Å². The van der Waals surface area contributed by atoms with E-state index in [1.165, 1.54) is 12.8 Å². The second-order valence-corrected chi connectivity index (χ2v) is 2.67. The molecule has 0 aliphatic carbocycles. The first-order valence-corrected chi connectivity index (χ1v) is 4.13. The number of halogens is 1. The number of rotatable bonds is 1. The largest absolute Gasteiger partial charge is 0.377 e. The van der Waals surface area contributed by atoms with Gasteiger partial charge in [0.2, 0.25) is 0 Å². The topological polar surface area (TPSA) is 9.23 Å². The molecular weight excluding hydrogens is 203 g/mol.